The first-order chi connectivity index (χ1) is 15.3. The highest BCUT2D eigenvalue weighted by Gasteiger charge is 2.35. The van der Waals surface area contributed by atoms with Crippen LogP contribution in [0.2, 0.25) is 5.02 Å². The van der Waals surface area contributed by atoms with Gasteiger partial charge in [0.1, 0.15) is 4.21 Å². The van der Waals surface area contributed by atoms with Gasteiger partial charge in [-0.2, -0.15) is 4.31 Å². The molecule has 0 spiro atoms. The van der Waals surface area contributed by atoms with E-state index < -0.39 is 15.9 Å². The maximum absolute atomic E-state index is 12.9. The molecular formula is C22H26ClN3O4S2. The number of amides is 2. The number of sulfonamides is 1. The molecule has 2 aromatic rings. The highest BCUT2D eigenvalue weighted by Crippen LogP contribution is 2.29. The molecule has 1 aromatic carbocycles. The molecule has 2 aliphatic rings. The van der Waals surface area contributed by atoms with E-state index in [9.17, 15) is 18.0 Å². The molecule has 172 valence electrons. The van der Waals surface area contributed by atoms with Crippen molar-refractivity contribution in [3.63, 3.8) is 0 Å². The van der Waals surface area contributed by atoms with Crippen molar-refractivity contribution in [2.24, 2.45) is 5.92 Å². The van der Waals surface area contributed by atoms with Gasteiger partial charge in [-0.05, 0) is 43.2 Å². The van der Waals surface area contributed by atoms with E-state index in [4.69, 9.17) is 11.6 Å². The first-order valence-electron chi connectivity index (χ1n) is 10.8. The lowest BCUT2D eigenvalue weighted by Gasteiger charge is -2.18. The van der Waals surface area contributed by atoms with Crippen molar-refractivity contribution in [1.82, 2.24) is 9.62 Å². The normalized spacial score (nSPS) is 20.3. The largest absolute Gasteiger partial charge is 0.351 e. The lowest BCUT2D eigenvalue weighted by atomic mass is 10.1. The van der Waals surface area contributed by atoms with E-state index in [2.05, 4.69) is 5.32 Å². The summed E-state index contributed by atoms with van der Waals surface area (Å²) in [6, 6.07) is 10.4. The van der Waals surface area contributed by atoms with Crippen LogP contribution >= 0.6 is 22.9 Å². The number of hydrogen-bond donors (Lipinski definition) is 1. The van der Waals surface area contributed by atoms with Gasteiger partial charge in [0.2, 0.25) is 11.8 Å². The van der Waals surface area contributed by atoms with Gasteiger partial charge in [-0.3, -0.25) is 9.59 Å². The molecule has 2 aliphatic heterocycles. The predicted octanol–water partition coefficient (Wildman–Crippen LogP) is 3.64. The Balaban J connectivity index is 1.35. The van der Waals surface area contributed by atoms with E-state index in [1.807, 2.05) is 0 Å². The zero-order valence-corrected chi connectivity index (χ0v) is 20.0. The van der Waals surface area contributed by atoms with E-state index in [1.165, 1.54) is 11.3 Å². The van der Waals surface area contributed by atoms with Crippen LogP contribution in [0.3, 0.4) is 0 Å². The first-order valence-corrected chi connectivity index (χ1v) is 13.4. The Bertz CT molecular complexity index is 1090. The average Bonchev–Trinajstić information content (AvgIpc) is 3.30. The SMILES string of the molecule is O=C(NCc1ccc(S(=O)(=O)N2CCCCCC2)s1)[C@H]1CC(=O)N(c2cccc(Cl)c2)C1. The molecule has 1 atom stereocenters. The molecule has 0 unspecified atom stereocenters. The fourth-order valence-corrected chi connectivity index (χ4v) is 7.25. The second-order valence-electron chi connectivity index (χ2n) is 8.14. The van der Waals surface area contributed by atoms with Crippen molar-refractivity contribution in [1.29, 1.82) is 0 Å². The third kappa shape index (κ3) is 5.17. The van der Waals surface area contributed by atoms with Gasteiger partial charge in [0.15, 0.2) is 0 Å². The van der Waals surface area contributed by atoms with Crippen molar-refractivity contribution in [2.75, 3.05) is 24.5 Å². The fourth-order valence-electron chi connectivity index (χ4n) is 4.10. The predicted molar refractivity (Wildman–Crippen MR) is 125 cm³/mol. The Morgan fingerprint density at radius 1 is 1.12 bits per heavy atom. The van der Waals surface area contributed by atoms with Gasteiger partial charge < -0.3 is 10.2 Å². The molecule has 2 saturated heterocycles. The van der Waals surface area contributed by atoms with Crippen LogP contribution in [0, 0.1) is 5.92 Å². The summed E-state index contributed by atoms with van der Waals surface area (Å²) < 4.78 is 27.7. The standard InChI is InChI=1S/C22H26ClN3O4S2/c23-17-6-5-7-18(13-17)26-15-16(12-20(26)27)22(28)24-14-19-8-9-21(31-19)32(29,30)25-10-3-1-2-4-11-25/h5-9,13,16H,1-4,10-12,14-15H2,(H,24,28)/t16-/m0/s1. The summed E-state index contributed by atoms with van der Waals surface area (Å²) in [7, 11) is -3.49. The summed E-state index contributed by atoms with van der Waals surface area (Å²) >= 11 is 7.21. The summed E-state index contributed by atoms with van der Waals surface area (Å²) in [5.74, 6) is -0.788. The van der Waals surface area contributed by atoms with E-state index in [-0.39, 0.29) is 24.8 Å². The fraction of sp³-hybridized carbons (Fsp3) is 0.455. The first kappa shape index (κ1) is 23.2. The number of nitrogens with zero attached hydrogens (tertiary/aromatic N) is 2. The van der Waals surface area contributed by atoms with E-state index in [0.29, 0.717) is 34.6 Å². The molecule has 7 nitrogen and oxygen atoms in total. The van der Waals surface area contributed by atoms with Crippen LogP contribution in [0.25, 0.3) is 0 Å². The number of carbonyl (C=O) groups excluding carboxylic acids is 2. The number of hydrogen-bond acceptors (Lipinski definition) is 5. The maximum Gasteiger partial charge on any atom is 0.252 e. The van der Waals surface area contributed by atoms with Crippen molar-refractivity contribution >= 4 is 50.5 Å². The molecule has 0 saturated carbocycles. The van der Waals surface area contributed by atoms with Gasteiger partial charge in [0.25, 0.3) is 10.0 Å². The zero-order chi connectivity index (χ0) is 22.7. The number of thiophene rings is 1. The molecule has 0 bridgehead atoms. The van der Waals surface area contributed by atoms with E-state index >= 15 is 0 Å². The highest BCUT2D eigenvalue weighted by atomic mass is 35.5. The minimum atomic E-state index is -3.49. The summed E-state index contributed by atoms with van der Waals surface area (Å²) in [5.41, 5.74) is 0.680. The van der Waals surface area contributed by atoms with Crippen molar-refractivity contribution in [3.8, 4) is 0 Å². The number of rotatable bonds is 6. The molecular weight excluding hydrogens is 470 g/mol. The van der Waals surface area contributed by atoms with E-state index in [1.54, 1.807) is 45.6 Å². The van der Waals surface area contributed by atoms with Gasteiger partial charge >= 0.3 is 0 Å². The zero-order valence-electron chi connectivity index (χ0n) is 17.6. The lowest BCUT2D eigenvalue weighted by Crippen LogP contribution is -2.32. The van der Waals surface area contributed by atoms with Gasteiger partial charge in [-0.15, -0.1) is 11.3 Å². The Hall–Kier alpha value is -1.94. The minimum Gasteiger partial charge on any atom is -0.351 e. The summed E-state index contributed by atoms with van der Waals surface area (Å²) in [6.07, 6.45) is 4.04. The van der Waals surface area contributed by atoms with Crippen LogP contribution in [0.5, 0.6) is 0 Å². The molecule has 32 heavy (non-hydrogen) atoms. The second-order valence-corrected chi connectivity index (χ2v) is 11.9. The molecule has 2 fully saturated rings. The quantitative estimate of drug-likeness (QED) is 0.662. The van der Waals surface area contributed by atoms with Gasteiger partial charge in [0, 0.05) is 41.6 Å². The van der Waals surface area contributed by atoms with Crippen LogP contribution in [-0.2, 0) is 26.2 Å². The third-order valence-electron chi connectivity index (χ3n) is 5.85. The van der Waals surface area contributed by atoms with Crippen LogP contribution in [0.15, 0.2) is 40.6 Å². The third-order valence-corrected chi connectivity index (χ3v) is 9.54. The molecule has 0 aliphatic carbocycles. The molecule has 2 amide bonds. The summed E-state index contributed by atoms with van der Waals surface area (Å²) in [5, 5.41) is 3.39. The molecule has 1 N–H and O–H groups in total. The number of halogens is 1. The second kappa shape index (κ2) is 9.91. The van der Waals surface area contributed by atoms with Crippen molar-refractivity contribution in [3.05, 3.63) is 46.3 Å². The smallest absolute Gasteiger partial charge is 0.252 e. The summed E-state index contributed by atoms with van der Waals surface area (Å²) in [4.78, 5) is 27.4. The van der Waals surface area contributed by atoms with E-state index in [0.717, 1.165) is 30.6 Å². The van der Waals surface area contributed by atoms with Gasteiger partial charge in [-0.1, -0.05) is 30.5 Å². The Morgan fingerprint density at radius 3 is 2.59 bits per heavy atom. The number of anilines is 1. The molecule has 10 heteroatoms. The maximum atomic E-state index is 12.9. The molecule has 4 rings (SSSR count). The van der Waals surface area contributed by atoms with Crippen LogP contribution in [0.4, 0.5) is 5.69 Å². The number of carbonyl (C=O) groups is 2. The van der Waals surface area contributed by atoms with Gasteiger partial charge in [-0.25, -0.2) is 8.42 Å². The highest BCUT2D eigenvalue weighted by molar-refractivity contribution is 7.91. The average molecular weight is 496 g/mol. The van der Waals surface area contributed by atoms with Gasteiger partial charge in [0.05, 0.1) is 12.5 Å². The minimum absolute atomic E-state index is 0.116. The van der Waals surface area contributed by atoms with Crippen LogP contribution < -0.4 is 10.2 Å². The van der Waals surface area contributed by atoms with Crippen LogP contribution in [-0.4, -0.2) is 44.2 Å². The lowest BCUT2D eigenvalue weighted by molar-refractivity contribution is -0.126. The topological polar surface area (TPSA) is 86.8 Å². The monoisotopic (exact) mass is 495 g/mol. The van der Waals surface area contributed by atoms with Crippen LogP contribution in [0.1, 0.15) is 37.0 Å². The number of nitrogens with one attached hydrogen (secondary N) is 1. The number of benzene rings is 1. The Kier molecular flexibility index (Phi) is 7.19. The molecule has 3 heterocycles. The summed E-state index contributed by atoms with van der Waals surface area (Å²) in [6.45, 7) is 1.65. The Labute approximate surface area is 197 Å². The molecule has 1 aromatic heterocycles. The van der Waals surface area contributed by atoms with Crippen molar-refractivity contribution in [2.45, 2.75) is 42.9 Å². The Morgan fingerprint density at radius 2 is 1.88 bits per heavy atom. The van der Waals surface area contributed by atoms with Crippen molar-refractivity contribution < 1.29 is 18.0 Å². The molecule has 0 radical (unpaired) electrons.